The number of benzene rings is 3. The number of Topliss-reactive ketones (excluding diaryl/α,β-unsaturated/α-hetero) is 1. The summed E-state index contributed by atoms with van der Waals surface area (Å²) in [5.74, 6) is 0.0483. The Morgan fingerprint density at radius 3 is 2.41 bits per heavy atom. The summed E-state index contributed by atoms with van der Waals surface area (Å²) in [4.78, 5) is 29.7. The van der Waals surface area contributed by atoms with Gasteiger partial charge in [0.15, 0.2) is 11.4 Å². The molecule has 0 aliphatic carbocycles. The Balaban J connectivity index is 1.38. The zero-order valence-corrected chi connectivity index (χ0v) is 18.5. The number of aryl methyl sites for hydroxylation is 1. The van der Waals surface area contributed by atoms with E-state index in [9.17, 15) is 9.59 Å². The van der Waals surface area contributed by atoms with E-state index in [1.807, 2.05) is 86.6 Å². The Labute approximate surface area is 187 Å². The molecule has 0 aliphatic rings. The lowest BCUT2D eigenvalue weighted by molar-refractivity contribution is -0.127. The summed E-state index contributed by atoms with van der Waals surface area (Å²) >= 11 is 0. The molecular weight excluding hydrogens is 400 g/mol. The number of hydrogen-bond donors (Lipinski definition) is 1. The van der Waals surface area contributed by atoms with E-state index in [1.165, 1.54) is 0 Å². The minimum Gasteiger partial charge on any atom is -0.436 e. The van der Waals surface area contributed by atoms with Crippen LogP contribution in [0.5, 0.6) is 0 Å². The highest BCUT2D eigenvalue weighted by atomic mass is 16.3. The van der Waals surface area contributed by atoms with Crippen molar-refractivity contribution in [3.05, 3.63) is 89.5 Å². The zero-order valence-electron chi connectivity index (χ0n) is 18.5. The molecule has 4 rings (SSSR count). The van der Waals surface area contributed by atoms with Crippen LogP contribution in [0.15, 0.2) is 77.2 Å². The quantitative estimate of drug-likeness (QED) is 0.440. The minimum atomic E-state index is -0.561. The van der Waals surface area contributed by atoms with Gasteiger partial charge < -0.3 is 9.73 Å². The third kappa shape index (κ3) is 4.78. The van der Waals surface area contributed by atoms with Crippen molar-refractivity contribution in [3.63, 3.8) is 0 Å². The van der Waals surface area contributed by atoms with Crippen LogP contribution in [-0.4, -0.2) is 22.7 Å². The molecule has 5 heteroatoms. The van der Waals surface area contributed by atoms with Gasteiger partial charge in [0, 0.05) is 12.0 Å². The van der Waals surface area contributed by atoms with Crippen molar-refractivity contribution < 1.29 is 14.0 Å². The van der Waals surface area contributed by atoms with Crippen LogP contribution in [0.3, 0.4) is 0 Å². The standard InChI is InChI=1S/C27H26N2O3/c1-17-9-14-23-25(15-17)32-27(29-23)22-12-10-20(11-13-22)16-24(30)19(3)28-26(31)18(2)21-7-5-4-6-8-21/h4-15,18-19H,16H2,1-3H3,(H,28,31)/t18-,19-/m0/s1. The number of carbonyl (C=O) groups excluding carboxylic acids is 2. The molecule has 0 bridgehead atoms. The van der Waals surface area contributed by atoms with E-state index in [2.05, 4.69) is 10.3 Å². The van der Waals surface area contributed by atoms with E-state index in [1.54, 1.807) is 6.92 Å². The number of carbonyl (C=O) groups is 2. The maximum Gasteiger partial charge on any atom is 0.227 e. The lowest BCUT2D eigenvalue weighted by Gasteiger charge is -2.17. The molecule has 3 aromatic carbocycles. The van der Waals surface area contributed by atoms with E-state index in [0.717, 1.165) is 33.4 Å². The highest BCUT2D eigenvalue weighted by molar-refractivity contribution is 5.92. The molecule has 5 nitrogen and oxygen atoms in total. The van der Waals surface area contributed by atoms with Gasteiger partial charge in [-0.2, -0.15) is 0 Å². The summed E-state index contributed by atoms with van der Waals surface area (Å²) in [6.07, 6.45) is 0.244. The van der Waals surface area contributed by atoms with Gasteiger partial charge in [-0.3, -0.25) is 9.59 Å². The van der Waals surface area contributed by atoms with Crippen molar-refractivity contribution in [1.29, 1.82) is 0 Å². The molecule has 0 unspecified atom stereocenters. The molecule has 0 radical (unpaired) electrons. The first-order valence-electron chi connectivity index (χ1n) is 10.8. The van der Waals surface area contributed by atoms with E-state index < -0.39 is 6.04 Å². The molecule has 0 fully saturated rings. The van der Waals surface area contributed by atoms with Gasteiger partial charge in [0.1, 0.15) is 5.52 Å². The highest BCUT2D eigenvalue weighted by Gasteiger charge is 2.21. The third-order valence-electron chi connectivity index (χ3n) is 5.66. The number of fused-ring (bicyclic) bond motifs is 1. The van der Waals surface area contributed by atoms with Gasteiger partial charge in [0.25, 0.3) is 0 Å². The lowest BCUT2D eigenvalue weighted by atomic mass is 9.99. The molecule has 32 heavy (non-hydrogen) atoms. The van der Waals surface area contributed by atoms with Gasteiger partial charge >= 0.3 is 0 Å². The fourth-order valence-electron chi connectivity index (χ4n) is 3.59. The predicted octanol–water partition coefficient (Wildman–Crippen LogP) is 5.22. The van der Waals surface area contributed by atoms with E-state index in [0.29, 0.717) is 5.89 Å². The van der Waals surface area contributed by atoms with Crippen molar-refractivity contribution >= 4 is 22.8 Å². The summed E-state index contributed by atoms with van der Waals surface area (Å²) in [6, 6.07) is 22.5. The van der Waals surface area contributed by atoms with Crippen LogP contribution in [0, 0.1) is 6.92 Å². The number of nitrogens with zero attached hydrogens (tertiary/aromatic N) is 1. The molecule has 1 aromatic heterocycles. The van der Waals surface area contributed by atoms with Gasteiger partial charge in [0.2, 0.25) is 11.8 Å². The van der Waals surface area contributed by atoms with Gasteiger partial charge in [-0.15, -0.1) is 0 Å². The maximum absolute atomic E-state index is 12.7. The number of aromatic nitrogens is 1. The summed E-state index contributed by atoms with van der Waals surface area (Å²) in [5, 5.41) is 2.84. The number of ketones is 1. The largest absolute Gasteiger partial charge is 0.436 e. The Morgan fingerprint density at radius 2 is 1.69 bits per heavy atom. The molecule has 0 saturated heterocycles. The van der Waals surface area contributed by atoms with Crippen molar-refractivity contribution in [2.24, 2.45) is 0 Å². The first kappa shape index (κ1) is 21.5. The average molecular weight is 427 g/mol. The first-order valence-corrected chi connectivity index (χ1v) is 10.8. The number of amides is 1. The Morgan fingerprint density at radius 1 is 0.969 bits per heavy atom. The number of hydrogen-bond acceptors (Lipinski definition) is 4. The lowest BCUT2D eigenvalue weighted by Crippen LogP contribution is -2.41. The molecule has 1 amide bonds. The van der Waals surface area contributed by atoms with Crippen LogP contribution in [0.25, 0.3) is 22.6 Å². The smallest absolute Gasteiger partial charge is 0.227 e. The monoisotopic (exact) mass is 426 g/mol. The van der Waals surface area contributed by atoms with Crippen LogP contribution < -0.4 is 5.32 Å². The summed E-state index contributed by atoms with van der Waals surface area (Å²) < 4.78 is 5.87. The van der Waals surface area contributed by atoms with Gasteiger partial charge in [-0.05, 0) is 61.7 Å². The van der Waals surface area contributed by atoms with Crippen LogP contribution in [0.1, 0.15) is 36.5 Å². The second kappa shape index (κ2) is 9.18. The van der Waals surface area contributed by atoms with Crippen LogP contribution in [0.2, 0.25) is 0 Å². The second-order valence-corrected chi connectivity index (χ2v) is 8.19. The van der Waals surface area contributed by atoms with Gasteiger partial charge in [-0.1, -0.05) is 48.5 Å². The molecule has 1 heterocycles. The number of nitrogens with one attached hydrogen (secondary N) is 1. The van der Waals surface area contributed by atoms with Crippen molar-refractivity contribution in [2.75, 3.05) is 0 Å². The van der Waals surface area contributed by atoms with Crippen molar-refractivity contribution in [2.45, 2.75) is 39.2 Å². The van der Waals surface area contributed by atoms with Crippen LogP contribution in [-0.2, 0) is 16.0 Å². The molecule has 0 saturated carbocycles. The Hall–Kier alpha value is -3.73. The molecule has 0 spiro atoms. The van der Waals surface area contributed by atoms with Crippen LogP contribution >= 0.6 is 0 Å². The number of oxazole rings is 1. The topological polar surface area (TPSA) is 72.2 Å². The molecule has 1 N–H and O–H groups in total. The van der Waals surface area contributed by atoms with E-state index in [4.69, 9.17) is 4.42 Å². The maximum atomic E-state index is 12.7. The van der Waals surface area contributed by atoms with Crippen molar-refractivity contribution in [3.8, 4) is 11.5 Å². The van der Waals surface area contributed by atoms with Gasteiger partial charge in [0.05, 0.1) is 12.0 Å². The fraction of sp³-hybridized carbons (Fsp3) is 0.222. The molecule has 0 aliphatic heterocycles. The average Bonchev–Trinajstić information content (AvgIpc) is 3.22. The molecular formula is C27H26N2O3. The van der Waals surface area contributed by atoms with Crippen molar-refractivity contribution in [1.82, 2.24) is 10.3 Å². The van der Waals surface area contributed by atoms with E-state index >= 15 is 0 Å². The second-order valence-electron chi connectivity index (χ2n) is 8.19. The van der Waals surface area contributed by atoms with Gasteiger partial charge in [-0.25, -0.2) is 4.98 Å². The fourth-order valence-corrected chi connectivity index (χ4v) is 3.59. The molecule has 4 aromatic rings. The first-order chi connectivity index (χ1) is 15.4. The van der Waals surface area contributed by atoms with Crippen LogP contribution in [0.4, 0.5) is 0 Å². The summed E-state index contributed by atoms with van der Waals surface area (Å²) in [6.45, 7) is 5.58. The summed E-state index contributed by atoms with van der Waals surface area (Å²) in [7, 11) is 0. The predicted molar refractivity (Wildman–Crippen MR) is 125 cm³/mol. The minimum absolute atomic E-state index is 0.0382. The SMILES string of the molecule is Cc1ccc2nc(-c3ccc(CC(=O)[C@H](C)NC(=O)[C@@H](C)c4ccccc4)cc3)oc2c1. The Kier molecular flexibility index (Phi) is 6.17. The molecule has 162 valence electrons. The molecule has 2 atom stereocenters. The highest BCUT2D eigenvalue weighted by Crippen LogP contribution is 2.25. The normalized spacial score (nSPS) is 13.0. The third-order valence-corrected chi connectivity index (χ3v) is 5.66. The Bertz CT molecular complexity index is 1240. The number of rotatable bonds is 7. The van der Waals surface area contributed by atoms with E-state index in [-0.39, 0.29) is 24.0 Å². The summed E-state index contributed by atoms with van der Waals surface area (Å²) in [5.41, 5.74) is 5.35. The zero-order chi connectivity index (χ0) is 22.7.